The first-order chi connectivity index (χ1) is 9.29. The van der Waals surface area contributed by atoms with Gasteiger partial charge in [-0.15, -0.1) is 0 Å². The lowest BCUT2D eigenvalue weighted by molar-refractivity contribution is 0.518. The van der Waals surface area contributed by atoms with Crippen LogP contribution in [0.2, 0.25) is 19.6 Å². The second kappa shape index (κ2) is 6.02. The Bertz CT molecular complexity index is 500. The Hall–Kier alpha value is -0.373. The van der Waals surface area contributed by atoms with Crippen LogP contribution >= 0.6 is 7.28 Å². The molecular weight excluding hydrogens is 293 g/mol. The number of rotatable bonds is 3. The van der Waals surface area contributed by atoms with E-state index in [1.807, 2.05) is 18.2 Å². The van der Waals surface area contributed by atoms with Crippen LogP contribution < -0.4 is 0 Å². The summed E-state index contributed by atoms with van der Waals surface area (Å²) in [4.78, 5) is 0. The van der Waals surface area contributed by atoms with Crippen molar-refractivity contribution in [3.63, 3.8) is 0 Å². The van der Waals surface area contributed by atoms with E-state index in [2.05, 4.69) is 73.3 Å². The molecule has 0 aliphatic carbocycles. The van der Waals surface area contributed by atoms with E-state index < -0.39 is 15.6 Å². The molecule has 0 N–H and O–H groups in total. The molecule has 4 heteroatoms. The zero-order chi connectivity index (χ0) is 16.5. The van der Waals surface area contributed by atoms with Crippen molar-refractivity contribution in [2.24, 2.45) is 4.74 Å². The maximum atomic E-state index is 6.84. The normalized spacial score (nSPS) is 14.1. The fraction of sp³-hybridized carbons (Fsp3) is 0.647. The number of hydrogen-bond acceptors (Lipinski definition) is 2. The summed E-state index contributed by atoms with van der Waals surface area (Å²) >= 11 is 0. The van der Waals surface area contributed by atoms with Crippen LogP contribution in [0.3, 0.4) is 0 Å². The van der Waals surface area contributed by atoms with Gasteiger partial charge in [-0.3, -0.25) is 0 Å². The molecule has 0 saturated carbocycles. The molecule has 0 unspecified atom stereocenters. The average molecular weight is 326 g/mol. The average Bonchev–Trinajstić information content (AvgIpc) is 2.24. The zero-order valence-corrected chi connectivity index (χ0v) is 17.1. The van der Waals surface area contributed by atoms with Crippen LogP contribution in [0.15, 0.2) is 35.1 Å². The van der Waals surface area contributed by atoms with Crippen LogP contribution in [0.4, 0.5) is 5.69 Å². The smallest absolute Gasteiger partial charge is 0.190 e. The number of nitrogens with zero attached hydrogens (tertiary/aromatic N) is 1. The van der Waals surface area contributed by atoms with Gasteiger partial charge < -0.3 is 4.21 Å². The van der Waals surface area contributed by atoms with Crippen molar-refractivity contribution >= 4 is 21.3 Å². The highest BCUT2D eigenvalue weighted by atomic mass is 31.2. The Balaban J connectivity index is 3.65. The van der Waals surface area contributed by atoms with Gasteiger partial charge in [0.2, 0.25) is 0 Å². The summed E-state index contributed by atoms with van der Waals surface area (Å²) in [7, 11) is -3.73. The van der Waals surface area contributed by atoms with Gasteiger partial charge >= 0.3 is 0 Å². The Morgan fingerprint density at radius 3 is 1.62 bits per heavy atom. The molecule has 0 radical (unpaired) electrons. The summed E-state index contributed by atoms with van der Waals surface area (Å²) < 4.78 is 12.1. The molecule has 2 nitrogen and oxygen atoms in total. The van der Waals surface area contributed by atoms with Crippen molar-refractivity contribution in [1.29, 1.82) is 0 Å². The number of benzene rings is 1. The minimum Gasteiger partial charge on any atom is -0.384 e. The molecule has 0 amide bonds. The summed E-state index contributed by atoms with van der Waals surface area (Å²) in [5.74, 6) is 0. The minimum atomic E-state index is -2.02. The minimum absolute atomic E-state index is 0.0152. The highest BCUT2D eigenvalue weighted by Gasteiger charge is 2.47. The molecule has 120 valence electrons. The fourth-order valence-electron chi connectivity index (χ4n) is 2.65. The standard InChI is InChI=1S/C17H32NOPSi/c1-16(2,3)20(17(4,5)6,19-21(7,8)9)18-15-13-11-10-12-14-15/h10-14H,1-9H3. The van der Waals surface area contributed by atoms with Gasteiger partial charge in [-0.25, -0.2) is 4.74 Å². The van der Waals surface area contributed by atoms with Crippen molar-refractivity contribution in [3.8, 4) is 0 Å². The Kier molecular flexibility index (Phi) is 5.36. The van der Waals surface area contributed by atoms with Crippen LogP contribution in [-0.2, 0) is 4.21 Å². The molecule has 0 fully saturated rings. The van der Waals surface area contributed by atoms with Crippen molar-refractivity contribution in [2.75, 3.05) is 0 Å². The molecule has 0 spiro atoms. The molecule has 0 aromatic heterocycles. The van der Waals surface area contributed by atoms with E-state index in [0.29, 0.717) is 0 Å². The first-order valence-corrected chi connectivity index (χ1v) is 12.7. The third-order valence-electron chi connectivity index (χ3n) is 3.24. The lowest BCUT2D eigenvalue weighted by Crippen LogP contribution is -2.37. The highest BCUT2D eigenvalue weighted by Crippen LogP contribution is 2.72. The summed E-state index contributed by atoms with van der Waals surface area (Å²) in [5.41, 5.74) is 1.04. The van der Waals surface area contributed by atoms with Crippen molar-refractivity contribution in [3.05, 3.63) is 30.3 Å². The highest BCUT2D eigenvalue weighted by molar-refractivity contribution is 7.66. The SMILES string of the molecule is CC(C)(C)P(=Nc1ccccc1)(O[Si](C)(C)C)C(C)(C)C. The predicted molar refractivity (Wildman–Crippen MR) is 99.4 cm³/mol. The van der Waals surface area contributed by atoms with E-state index >= 15 is 0 Å². The second-order valence-electron chi connectivity index (χ2n) is 8.56. The van der Waals surface area contributed by atoms with Crippen LogP contribution in [0.5, 0.6) is 0 Å². The molecule has 0 aliphatic rings. The van der Waals surface area contributed by atoms with E-state index in [4.69, 9.17) is 8.96 Å². The Labute approximate surface area is 132 Å². The van der Waals surface area contributed by atoms with Crippen molar-refractivity contribution in [1.82, 2.24) is 0 Å². The van der Waals surface area contributed by atoms with E-state index in [1.54, 1.807) is 0 Å². The lowest BCUT2D eigenvalue weighted by atomic mass is 10.2. The largest absolute Gasteiger partial charge is 0.384 e. The molecule has 0 saturated heterocycles. The van der Waals surface area contributed by atoms with E-state index in [9.17, 15) is 0 Å². The van der Waals surface area contributed by atoms with Gasteiger partial charge in [0.1, 0.15) is 0 Å². The lowest BCUT2D eigenvalue weighted by Gasteiger charge is -2.48. The van der Waals surface area contributed by atoms with Gasteiger partial charge in [0.15, 0.2) is 8.32 Å². The third kappa shape index (κ3) is 4.55. The molecule has 0 aliphatic heterocycles. The maximum Gasteiger partial charge on any atom is 0.190 e. The molecule has 0 bridgehead atoms. The van der Waals surface area contributed by atoms with E-state index in [0.717, 1.165) is 5.69 Å². The summed E-state index contributed by atoms with van der Waals surface area (Å²) in [6.07, 6.45) is 0. The van der Waals surface area contributed by atoms with Gasteiger partial charge in [0.05, 0.1) is 13.0 Å². The van der Waals surface area contributed by atoms with Crippen LogP contribution in [-0.4, -0.2) is 18.6 Å². The molecule has 1 rings (SSSR count). The van der Waals surface area contributed by atoms with Gasteiger partial charge in [0.25, 0.3) is 0 Å². The van der Waals surface area contributed by atoms with Crippen LogP contribution in [0.25, 0.3) is 0 Å². The fourth-order valence-corrected chi connectivity index (χ4v) is 11.3. The first kappa shape index (κ1) is 18.7. The summed E-state index contributed by atoms with van der Waals surface area (Å²) in [6, 6.07) is 10.3. The van der Waals surface area contributed by atoms with Crippen LogP contribution in [0, 0.1) is 0 Å². The third-order valence-corrected chi connectivity index (χ3v) is 10.6. The molecule has 1 aromatic rings. The Morgan fingerprint density at radius 1 is 0.857 bits per heavy atom. The molecule has 21 heavy (non-hydrogen) atoms. The second-order valence-corrected chi connectivity index (χ2v) is 17.5. The van der Waals surface area contributed by atoms with Gasteiger partial charge in [-0.2, -0.15) is 0 Å². The Morgan fingerprint density at radius 2 is 1.29 bits per heavy atom. The van der Waals surface area contributed by atoms with Crippen molar-refractivity contribution < 1.29 is 4.21 Å². The predicted octanol–water partition coefficient (Wildman–Crippen LogP) is 6.88. The first-order valence-electron chi connectivity index (χ1n) is 7.67. The molecule has 1 aromatic carbocycles. The van der Waals surface area contributed by atoms with Gasteiger partial charge in [-0.05, 0) is 31.8 Å². The van der Waals surface area contributed by atoms with Crippen LogP contribution in [0.1, 0.15) is 41.5 Å². The molecule has 0 atom stereocenters. The molecule has 0 heterocycles. The van der Waals surface area contributed by atoms with E-state index in [1.165, 1.54) is 0 Å². The summed E-state index contributed by atoms with van der Waals surface area (Å²) in [6.45, 7) is 20.4. The topological polar surface area (TPSA) is 21.6 Å². The maximum absolute atomic E-state index is 6.84. The van der Waals surface area contributed by atoms with E-state index in [-0.39, 0.29) is 10.3 Å². The van der Waals surface area contributed by atoms with Gasteiger partial charge in [0, 0.05) is 10.3 Å². The zero-order valence-electron chi connectivity index (χ0n) is 15.2. The number of hydrogen-bond donors (Lipinski definition) is 0. The van der Waals surface area contributed by atoms with Gasteiger partial charge in [-0.1, -0.05) is 59.7 Å². The monoisotopic (exact) mass is 325 g/mol. The van der Waals surface area contributed by atoms with Crippen molar-refractivity contribution in [2.45, 2.75) is 71.5 Å². The quantitative estimate of drug-likeness (QED) is 0.438. The summed E-state index contributed by atoms with van der Waals surface area (Å²) in [5, 5.41) is 0.0305. The molecular formula is C17H32NOPSi.